The summed E-state index contributed by atoms with van der Waals surface area (Å²) in [6, 6.07) is 1.77. The molecule has 1 heterocycles. The van der Waals surface area contributed by atoms with Crippen molar-refractivity contribution in [3.8, 4) is 0 Å². The third kappa shape index (κ3) is 3.83. The van der Waals surface area contributed by atoms with Gasteiger partial charge in [0.25, 0.3) is 0 Å². The second-order valence-electron chi connectivity index (χ2n) is 5.29. The molecule has 4 heteroatoms. The van der Waals surface area contributed by atoms with Crippen LogP contribution >= 0.6 is 0 Å². The minimum atomic E-state index is -0.335. The van der Waals surface area contributed by atoms with E-state index in [4.69, 9.17) is 9.15 Å². The van der Waals surface area contributed by atoms with Crippen molar-refractivity contribution in [3.05, 3.63) is 23.2 Å². The van der Waals surface area contributed by atoms with Gasteiger partial charge >= 0.3 is 5.97 Å². The van der Waals surface area contributed by atoms with Crippen LogP contribution in [0.4, 0.5) is 0 Å². The Labute approximate surface area is 114 Å². The van der Waals surface area contributed by atoms with Gasteiger partial charge in [-0.15, -0.1) is 0 Å². The Morgan fingerprint density at radius 1 is 1.47 bits per heavy atom. The maximum Gasteiger partial charge on any atom is 0.341 e. The van der Waals surface area contributed by atoms with Crippen LogP contribution in [0.3, 0.4) is 0 Å². The van der Waals surface area contributed by atoms with Gasteiger partial charge in [0.05, 0.1) is 13.7 Å². The first kappa shape index (κ1) is 14.1. The Bertz CT molecular complexity index is 419. The lowest BCUT2D eigenvalue weighted by molar-refractivity contribution is 0.0599. The second kappa shape index (κ2) is 6.75. The standard InChI is InChI=1S/C15H23NO3/c1-11-14(15(17)18-2)9-13(19-11)10-16-8-7-12-5-3-4-6-12/h9,12,16H,3-8,10H2,1-2H3. The van der Waals surface area contributed by atoms with Gasteiger partial charge in [-0.2, -0.15) is 0 Å². The first-order chi connectivity index (χ1) is 9.20. The minimum Gasteiger partial charge on any atom is -0.465 e. The number of furan rings is 1. The molecule has 4 nitrogen and oxygen atoms in total. The van der Waals surface area contributed by atoms with Crippen LogP contribution < -0.4 is 5.32 Å². The summed E-state index contributed by atoms with van der Waals surface area (Å²) < 4.78 is 10.3. The van der Waals surface area contributed by atoms with E-state index in [9.17, 15) is 4.79 Å². The molecule has 1 fully saturated rings. The fourth-order valence-corrected chi connectivity index (χ4v) is 2.76. The van der Waals surface area contributed by atoms with Crippen LogP contribution in [0.5, 0.6) is 0 Å². The number of rotatable bonds is 6. The zero-order valence-electron chi connectivity index (χ0n) is 11.8. The van der Waals surface area contributed by atoms with Crippen LogP contribution in [0.15, 0.2) is 10.5 Å². The number of aryl methyl sites for hydroxylation is 1. The molecule has 1 aliphatic rings. The minimum absolute atomic E-state index is 0.335. The third-order valence-electron chi connectivity index (χ3n) is 3.88. The quantitative estimate of drug-likeness (QED) is 0.634. The average Bonchev–Trinajstić information content (AvgIpc) is 3.03. The molecule has 1 aromatic heterocycles. The predicted molar refractivity (Wildman–Crippen MR) is 73.1 cm³/mol. The van der Waals surface area contributed by atoms with Crippen LogP contribution in [0.2, 0.25) is 0 Å². The van der Waals surface area contributed by atoms with Crippen LogP contribution in [0.1, 0.15) is 54.0 Å². The first-order valence-electron chi connectivity index (χ1n) is 7.09. The van der Waals surface area contributed by atoms with Gasteiger partial charge in [-0.25, -0.2) is 4.79 Å². The van der Waals surface area contributed by atoms with Crippen molar-refractivity contribution in [1.29, 1.82) is 0 Å². The third-order valence-corrected chi connectivity index (χ3v) is 3.88. The zero-order chi connectivity index (χ0) is 13.7. The maximum atomic E-state index is 11.4. The molecule has 0 amide bonds. The number of hydrogen-bond acceptors (Lipinski definition) is 4. The van der Waals surface area contributed by atoms with Crippen LogP contribution in [0, 0.1) is 12.8 Å². The average molecular weight is 265 g/mol. The highest BCUT2D eigenvalue weighted by atomic mass is 16.5. The molecular weight excluding hydrogens is 242 g/mol. The summed E-state index contributed by atoms with van der Waals surface area (Å²) in [4.78, 5) is 11.4. The summed E-state index contributed by atoms with van der Waals surface area (Å²) in [5.41, 5.74) is 0.523. The molecule has 1 saturated carbocycles. The fourth-order valence-electron chi connectivity index (χ4n) is 2.76. The van der Waals surface area contributed by atoms with Gasteiger partial charge in [-0.3, -0.25) is 0 Å². The molecule has 19 heavy (non-hydrogen) atoms. The molecule has 0 unspecified atom stereocenters. The molecule has 1 aliphatic carbocycles. The normalized spacial score (nSPS) is 15.9. The number of hydrogen-bond donors (Lipinski definition) is 1. The lowest BCUT2D eigenvalue weighted by Gasteiger charge is -2.08. The van der Waals surface area contributed by atoms with Gasteiger partial charge in [0.2, 0.25) is 0 Å². The number of ether oxygens (including phenoxy) is 1. The van der Waals surface area contributed by atoms with Gasteiger partial charge < -0.3 is 14.5 Å². The van der Waals surface area contributed by atoms with E-state index in [0.29, 0.717) is 17.9 Å². The van der Waals surface area contributed by atoms with E-state index >= 15 is 0 Å². The lowest BCUT2D eigenvalue weighted by Crippen LogP contribution is -2.16. The van der Waals surface area contributed by atoms with Crippen molar-refractivity contribution in [2.24, 2.45) is 5.92 Å². The zero-order valence-corrected chi connectivity index (χ0v) is 11.8. The Hall–Kier alpha value is -1.29. The van der Waals surface area contributed by atoms with Crippen molar-refractivity contribution >= 4 is 5.97 Å². The smallest absolute Gasteiger partial charge is 0.341 e. The monoisotopic (exact) mass is 265 g/mol. The Morgan fingerprint density at radius 2 is 2.21 bits per heavy atom. The highest BCUT2D eigenvalue weighted by molar-refractivity contribution is 5.90. The summed E-state index contributed by atoms with van der Waals surface area (Å²) in [5, 5.41) is 3.38. The first-order valence-corrected chi connectivity index (χ1v) is 7.09. The van der Waals surface area contributed by atoms with E-state index in [-0.39, 0.29) is 5.97 Å². The number of carbonyl (C=O) groups excluding carboxylic acids is 1. The highest BCUT2D eigenvalue weighted by Gasteiger charge is 2.16. The van der Waals surface area contributed by atoms with E-state index in [1.54, 1.807) is 13.0 Å². The number of carbonyl (C=O) groups is 1. The van der Waals surface area contributed by atoms with Gasteiger partial charge in [0.15, 0.2) is 0 Å². The van der Waals surface area contributed by atoms with Crippen molar-refractivity contribution in [1.82, 2.24) is 5.32 Å². The van der Waals surface area contributed by atoms with Crippen molar-refractivity contribution < 1.29 is 13.9 Å². The lowest BCUT2D eigenvalue weighted by atomic mass is 10.0. The number of methoxy groups -OCH3 is 1. The van der Waals surface area contributed by atoms with Crippen molar-refractivity contribution in [3.63, 3.8) is 0 Å². The van der Waals surface area contributed by atoms with Gasteiger partial charge in [-0.05, 0) is 31.9 Å². The molecule has 1 aromatic rings. The second-order valence-corrected chi connectivity index (χ2v) is 5.29. The van der Waals surface area contributed by atoms with E-state index in [0.717, 1.165) is 18.2 Å². The SMILES string of the molecule is COC(=O)c1cc(CNCCC2CCCC2)oc1C. The summed E-state index contributed by atoms with van der Waals surface area (Å²) in [7, 11) is 1.38. The molecule has 0 saturated heterocycles. The maximum absolute atomic E-state index is 11.4. The molecule has 1 N–H and O–H groups in total. The van der Waals surface area contributed by atoms with E-state index < -0.39 is 0 Å². The Kier molecular flexibility index (Phi) is 5.02. The topological polar surface area (TPSA) is 51.5 Å². The van der Waals surface area contributed by atoms with E-state index in [1.807, 2.05) is 0 Å². The summed E-state index contributed by atoms with van der Waals surface area (Å²) in [6.45, 7) is 3.47. The Morgan fingerprint density at radius 3 is 2.89 bits per heavy atom. The Balaban J connectivity index is 1.75. The summed E-state index contributed by atoms with van der Waals surface area (Å²) >= 11 is 0. The molecule has 0 aromatic carbocycles. The molecule has 0 bridgehead atoms. The molecule has 0 aliphatic heterocycles. The molecular formula is C15H23NO3. The number of nitrogens with one attached hydrogen (secondary N) is 1. The molecule has 0 spiro atoms. The van der Waals surface area contributed by atoms with E-state index in [2.05, 4.69) is 5.32 Å². The van der Waals surface area contributed by atoms with Crippen molar-refractivity contribution in [2.75, 3.05) is 13.7 Å². The van der Waals surface area contributed by atoms with Crippen LogP contribution in [-0.2, 0) is 11.3 Å². The number of esters is 1. The van der Waals surface area contributed by atoms with Gasteiger partial charge in [0, 0.05) is 0 Å². The molecule has 2 rings (SSSR count). The molecule has 106 valence electrons. The predicted octanol–water partition coefficient (Wildman–Crippen LogP) is 3.04. The van der Waals surface area contributed by atoms with E-state index in [1.165, 1.54) is 39.2 Å². The summed E-state index contributed by atoms with van der Waals surface area (Å²) in [6.07, 6.45) is 6.79. The van der Waals surface area contributed by atoms with Crippen LogP contribution in [-0.4, -0.2) is 19.6 Å². The van der Waals surface area contributed by atoms with Gasteiger partial charge in [-0.1, -0.05) is 25.7 Å². The fraction of sp³-hybridized carbons (Fsp3) is 0.667. The van der Waals surface area contributed by atoms with Crippen molar-refractivity contribution in [2.45, 2.75) is 45.6 Å². The molecule has 0 atom stereocenters. The molecule has 0 radical (unpaired) electrons. The highest BCUT2D eigenvalue weighted by Crippen LogP contribution is 2.26. The largest absolute Gasteiger partial charge is 0.465 e. The van der Waals surface area contributed by atoms with Gasteiger partial charge in [0.1, 0.15) is 17.1 Å². The summed E-state index contributed by atoms with van der Waals surface area (Å²) in [5.74, 6) is 1.98. The van der Waals surface area contributed by atoms with Crippen LogP contribution in [0.25, 0.3) is 0 Å².